The number of methoxy groups -OCH3 is 1. The lowest BCUT2D eigenvalue weighted by atomic mass is 9.77. The molecule has 0 amide bonds. The van der Waals surface area contributed by atoms with Crippen LogP contribution < -0.4 is 0 Å². The van der Waals surface area contributed by atoms with Crippen molar-refractivity contribution >= 4 is 18.0 Å². The first-order valence-electron chi connectivity index (χ1n) is 12.4. The molecule has 1 aromatic rings. The van der Waals surface area contributed by atoms with E-state index in [0.717, 1.165) is 19.4 Å². The van der Waals surface area contributed by atoms with Gasteiger partial charge in [0.2, 0.25) is 6.29 Å². The van der Waals surface area contributed by atoms with Crippen LogP contribution in [0.5, 0.6) is 5.75 Å². The Bertz CT molecular complexity index is 1140. The molecule has 2 fully saturated rings. The molecule has 1 saturated carbocycles. The summed E-state index contributed by atoms with van der Waals surface area (Å²) in [5.74, 6) is -3.38. The Kier molecular flexibility index (Phi) is 8.54. The van der Waals surface area contributed by atoms with E-state index in [1.54, 1.807) is 12.1 Å². The number of aromatic hydroxyl groups is 1. The van der Waals surface area contributed by atoms with Crippen LogP contribution in [-0.2, 0) is 33.3 Å². The quantitative estimate of drug-likeness (QED) is 0.140. The smallest absolute Gasteiger partial charge is 0.339 e. The SMILES string of the molecule is COC(=O)C1=CO[C@@H](O[C@H]2O[C@@H](CO)[C@H](O)[C@@H](O)[C@@H]2O)[C@@H]2[C@@](C)(O)[C@@H](OC(=O)C=Cc3ccc(O)cc3)C[C@]12O. The summed E-state index contributed by atoms with van der Waals surface area (Å²) in [6.07, 6.45) is -8.50. The van der Waals surface area contributed by atoms with Crippen LogP contribution >= 0.6 is 0 Å². The van der Waals surface area contributed by atoms with Gasteiger partial charge < -0.3 is 59.4 Å². The molecule has 0 bridgehead atoms. The fourth-order valence-electron chi connectivity index (χ4n) is 5.24. The fraction of sp³-hybridized carbons (Fsp3) is 0.538. The monoisotopic (exact) mass is 568 g/mol. The minimum absolute atomic E-state index is 0.0368. The molecule has 1 saturated heterocycles. The summed E-state index contributed by atoms with van der Waals surface area (Å²) in [7, 11) is 1.07. The van der Waals surface area contributed by atoms with Crippen LogP contribution in [0.4, 0.5) is 0 Å². The van der Waals surface area contributed by atoms with E-state index in [1.807, 2.05) is 0 Å². The second-order valence-corrected chi connectivity index (χ2v) is 10.0. The fourth-order valence-corrected chi connectivity index (χ4v) is 5.24. The molecule has 2 aliphatic heterocycles. The maximum Gasteiger partial charge on any atom is 0.339 e. The molecule has 4 rings (SSSR count). The highest BCUT2D eigenvalue weighted by Gasteiger charge is 2.69. The van der Waals surface area contributed by atoms with Crippen molar-refractivity contribution in [2.24, 2.45) is 5.92 Å². The average molecular weight is 569 g/mol. The van der Waals surface area contributed by atoms with Crippen LogP contribution in [0.25, 0.3) is 6.08 Å². The third kappa shape index (κ3) is 5.44. The summed E-state index contributed by atoms with van der Waals surface area (Å²) in [6, 6.07) is 5.94. The molecule has 0 aromatic heterocycles. The highest BCUT2D eigenvalue weighted by atomic mass is 16.8. The summed E-state index contributed by atoms with van der Waals surface area (Å²) in [5.41, 5.74) is -4.16. The summed E-state index contributed by atoms with van der Waals surface area (Å²) < 4.78 is 26.7. The van der Waals surface area contributed by atoms with Crippen molar-refractivity contribution in [2.45, 2.75) is 67.6 Å². The Labute approximate surface area is 228 Å². The summed E-state index contributed by atoms with van der Waals surface area (Å²) in [5, 5.41) is 72.7. The lowest BCUT2D eigenvalue weighted by Gasteiger charge is -2.46. The van der Waals surface area contributed by atoms with Crippen molar-refractivity contribution < 1.29 is 69.0 Å². The lowest BCUT2D eigenvalue weighted by Crippen LogP contribution is -2.62. The molecule has 10 atom stereocenters. The summed E-state index contributed by atoms with van der Waals surface area (Å²) in [4.78, 5) is 25.1. The standard InChI is InChI=1S/C26H32O14/c1-25(34)16(39-17(29)8-5-12-3-6-13(28)7-4-12)9-26(35)14(22(33)36-2)11-37-24(21(25)26)40-23-20(32)19(31)18(30)15(10-27)38-23/h3-8,11,15-16,18-21,23-24,27-28,30-32,34-35H,9-10H2,1-2H3/t15-,16-,18-,19+,20-,21+,23+,24-,25-,26-/m0/s1. The second kappa shape index (κ2) is 11.4. The number of phenolic OH excluding ortho intramolecular Hbond substituents is 1. The number of esters is 2. The van der Waals surface area contributed by atoms with Crippen molar-refractivity contribution in [2.75, 3.05) is 13.7 Å². The van der Waals surface area contributed by atoms with Gasteiger partial charge in [0.1, 0.15) is 53.0 Å². The number of aliphatic hydroxyl groups excluding tert-OH is 4. The van der Waals surface area contributed by atoms with Gasteiger partial charge in [0.25, 0.3) is 0 Å². The van der Waals surface area contributed by atoms with E-state index >= 15 is 0 Å². The number of benzene rings is 1. The minimum atomic E-state index is -2.22. The Balaban J connectivity index is 1.60. The first kappa shape index (κ1) is 29.9. The Morgan fingerprint density at radius 1 is 1.07 bits per heavy atom. The highest BCUT2D eigenvalue weighted by molar-refractivity contribution is 5.91. The van der Waals surface area contributed by atoms with Crippen LogP contribution in [0.15, 0.2) is 42.2 Å². The first-order chi connectivity index (χ1) is 18.8. The number of carbonyl (C=O) groups is 2. The average Bonchev–Trinajstić information content (AvgIpc) is 3.13. The normalized spacial score (nSPS) is 39.2. The van der Waals surface area contributed by atoms with E-state index in [9.17, 15) is 45.3 Å². The molecular weight excluding hydrogens is 536 g/mol. The van der Waals surface area contributed by atoms with Crippen molar-refractivity contribution in [1.82, 2.24) is 0 Å². The van der Waals surface area contributed by atoms with Gasteiger partial charge in [0.15, 0.2) is 6.29 Å². The number of fused-ring (bicyclic) bond motifs is 1. The molecule has 1 aliphatic carbocycles. The van der Waals surface area contributed by atoms with E-state index in [2.05, 4.69) is 0 Å². The number of rotatable bonds is 7. The van der Waals surface area contributed by atoms with Gasteiger partial charge in [-0.05, 0) is 30.7 Å². The molecule has 0 radical (unpaired) electrons. The van der Waals surface area contributed by atoms with E-state index in [1.165, 1.54) is 25.1 Å². The Hall–Kier alpha value is -3.08. The predicted molar refractivity (Wildman–Crippen MR) is 131 cm³/mol. The molecule has 14 heteroatoms. The Morgan fingerprint density at radius 3 is 2.38 bits per heavy atom. The summed E-state index contributed by atoms with van der Waals surface area (Å²) in [6.45, 7) is 0.494. The van der Waals surface area contributed by atoms with Gasteiger partial charge in [0.05, 0.1) is 25.9 Å². The molecule has 14 nitrogen and oxygen atoms in total. The third-order valence-electron chi connectivity index (χ3n) is 7.44. The van der Waals surface area contributed by atoms with E-state index in [0.29, 0.717) is 5.56 Å². The molecule has 7 N–H and O–H groups in total. The molecule has 2 heterocycles. The number of carbonyl (C=O) groups excluding carboxylic acids is 2. The van der Waals surface area contributed by atoms with Gasteiger partial charge in [-0.1, -0.05) is 12.1 Å². The van der Waals surface area contributed by atoms with Gasteiger partial charge in [-0.15, -0.1) is 0 Å². The van der Waals surface area contributed by atoms with Gasteiger partial charge in [-0.2, -0.15) is 0 Å². The van der Waals surface area contributed by atoms with Crippen molar-refractivity contribution in [1.29, 1.82) is 0 Å². The molecule has 3 aliphatic rings. The molecule has 220 valence electrons. The van der Waals surface area contributed by atoms with E-state index in [4.69, 9.17) is 23.7 Å². The topological polar surface area (TPSA) is 222 Å². The van der Waals surface area contributed by atoms with Gasteiger partial charge in [-0.25, -0.2) is 9.59 Å². The van der Waals surface area contributed by atoms with Crippen LogP contribution in [0.3, 0.4) is 0 Å². The number of hydrogen-bond acceptors (Lipinski definition) is 14. The number of ether oxygens (including phenoxy) is 5. The molecular formula is C26H32O14. The molecule has 40 heavy (non-hydrogen) atoms. The van der Waals surface area contributed by atoms with E-state index in [-0.39, 0.29) is 5.75 Å². The zero-order valence-corrected chi connectivity index (χ0v) is 21.6. The third-order valence-corrected chi connectivity index (χ3v) is 7.44. The van der Waals surface area contributed by atoms with Gasteiger partial charge in [0, 0.05) is 12.5 Å². The van der Waals surface area contributed by atoms with Crippen LogP contribution in [0, 0.1) is 5.92 Å². The number of phenols is 1. The maximum absolute atomic E-state index is 12.6. The van der Waals surface area contributed by atoms with Crippen LogP contribution in [-0.4, -0.2) is 116 Å². The largest absolute Gasteiger partial charge is 0.508 e. The lowest BCUT2D eigenvalue weighted by molar-refractivity contribution is -0.352. The maximum atomic E-state index is 12.6. The van der Waals surface area contributed by atoms with E-state index < -0.39 is 90.8 Å². The zero-order chi connectivity index (χ0) is 29.4. The van der Waals surface area contributed by atoms with Crippen molar-refractivity contribution in [3.8, 4) is 5.75 Å². The van der Waals surface area contributed by atoms with Crippen LogP contribution in [0.2, 0.25) is 0 Å². The second-order valence-electron chi connectivity index (χ2n) is 10.0. The van der Waals surface area contributed by atoms with Crippen LogP contribution in [0.1, 0.15) is 18.9 Å². The van der Waals surface area contributed by atoms with Crippen molar-refractivity contribution in [3.05, 3.63) is 47.7 Å². The zero-order valence-electron chi connectivity index (χ0n) is 21.6. The van der Waals surface area contributed by atoms with Gasteiger partial charge >= 0.3 is 11.9 Å². The first-order valence-corrected chi connectivity index (χ1v) is 12.4. The van der Waals surface area contributed by atoms with Crippen molar-refractivity contribution in [3.63, 3.8) is 0 Å². The highest BCUT2D eigenvalue weighted by Crippen LogP contribution is 2.53. The van der Waals surface area contributed by atoms with Gasteiger partial charge in [-0.3, -0.25) is 0 Å². The summed E-state index contributed by atoms with van der Waals surface area (Å²) >= 11 is 0. The molecule has 0 spiro atoms. The number of hydrogen-bond donors (Lipinski definition) is 7. The molecule has 1 aromatic carbocycles. The predicted octanol–water partition coefficient (Wildman–Crippen LogP) is -1.95. The number of aliphatic hydroxyl groups is 6. The molecule has 0 unspecified atom stereocenters. The Morgan fingerprint density at radius 2 is 1.75 bits per heavy atom. The minimum Gasteiger partial charge on any atom is -0.508 e.